The van der Waals surface area contributed by atoms with Crippen LogP contribution in [0.5, 0.6) is 0 Å². The smallest absolute Gasteiger partial charge is 0.247 e. The second-order valence-corrected chi connectivity index (χ2v) is 7.40. The van der Waals surface area contributed by atoms with Gasteiger partial charge in [0.15, 0.2) is 0 Å². The van der Waals surface area contributed by atoms with E-state index in [9.17, 15) is 5.11 Å². The minimum Gasteiger partial charge on any atom is -0.418 e. The molecule has 2 atom stereocenters. The van der Waals surface area contributed by atoms with Crippen LogP contribution in [0.2, 0.25) is 5.02 Å². The van der Waals surface area contributed by atoms with Crippen molar-refractivity contribution in [3.8, 4) is 23.2 Å². The van der Waals surface area contributed by atoms with E-state index in [0.29, 0.717) is 27.7 Å². The molecule has 0 spiro atoms. The number of hydrogen-bond donors (Lipinski definition) is 2. The molecule has 0 saturated carbocycles. The Morgan fingerprint density at radius 3 is 2.61 bits per heavy atom. The zero-order valence-electron chi connectivity index (χ0n) is 16.8. The molecule has 0 aliphatic carbocycles. The van der Waals surface area contributed by atoms with Crippen LogP contribution in [0.4, 0.5) is 5.69 Å². The van der Waals surface area contributed by atoms with E-state index in [-0.39, 0.29) is 5.89 Å². The lowest BCUT2D eigenvalue weighted by molar-refractivity contribution is 0.159. The first-order chi connectivity index (χ1) is 15.0. The van der Waals surface area contributed by atoms with Crippen molar-refractivity contribution in [1.82, 2.24) is 20.0 Å². The highest BCUT2D eigenvalue weighted by Crippen LogP contribution is 2.31. The Labute approximate surface area is 183 Å². The second kappa shape index (κ2) is 8.60. The number of aliphatic hydroxyl groups excluding tert-OH is 1. The van der Waals surface area contributed by atoms with E-state index in [1.165, 1.54) is 0 Å². The Morgan fingerprint density at radius 2 is 1.97 bits per heavy atom. The summed E-state index contributed by atoms with van der Waals surface area (Å²) in [6.07, 6.45) is 2.74. The average Bonchev–Trinajstić information content (AvgIpc) is 3.47. The highest BCUT2D eigenvalue weighted by Gasteiger charge is 2.25. The van der Waals surface area contributed by atoms with Crippen molar-refractivity contribution in [3.05, 3.63) is 76.9 Å². The third kappa shape index (κ3) is 4.14. The first kappa shape index (κ1) is 20.6. The molecule has 0 aliphatic rings. The van der Waals surface area contributed by atoms with Gasteiger partial charge in [-0.2, -0.15) is 10.4 Å². The number of benzene rings is 2. The number of aliphatic hydroxyl groups is 1. The SMILES string of the molecule is Cc1c(N[C@@H](c2nnc(-c3ccc(-n4cccn4)cc3)o2)[C@H](C)O)ccc(C#N)c1Cl. The zero-order valence-corrected chi connectivity index (χ0v) is 17.6. The number of halogens is 1. The van der Waals surface area contributed by atoms with Crippen LogP contribution in [0.1, 0.15) is 30.0 Å². The quantitative estimate of drug-likeness (QED) is 0.465. The molecule has 4 aromatic rings. The summed E-state index contributed by atoms with van der Waals surface area (Å²) in [5, 5.41) is 35.5. The molecular weight excluding hydrogens is 416 g/mol. The van der Waals surface area contributed by atoms with Gasteiger partial charge in [-0.15, -0.1) is 10.2 Å². The van der Waals surface area contributed by atoms with Crippen LogP contribution in [0, 0.1) is 18.3 Å². The minimum atomic E-state index is -0.829. The molecule has 31 heavy (non-hydrogen) atoms. The summed E-state index contributed by atoms with van der Waals surface area (Å²) in [6.45, 7) is 3.42. The fourth-order valence-corrected chi connectivity index (χ4v) is 3.35. The van der Waals surface area contributed by atoms with Gasteiger partial charge in [-0.3, -0.25) is 0 Å². The van der Waals surface area contributed by atoms with Gasteiger partial charge in [-0.05, 0) is 61.9 Å². The highest BCUT2D eigenvalue weighted by atomic mass is 35.5. The lowest BCUT2D eigenvalue weighted by atomic mass is 10.1. The van der Waals surface area contributed by atoms with Gasteiger partial charge < -0.3 is 14.8 Å². The Hall–Kier alpha value is -3.67. The molecule has 0 fully saturated rings. The summed E-state index contributed by atoms with van der Waals surface area (Å²) >= 11 is 6.26. The molecule has 2 aromatic heterocycles. The third-order valence-corrected chi connectivity index (χ3v) is 5.38. The van der Waals surface area contributed by atoms with Crippen molar-refractivity contribution >= 4 is 17.3 Å². The van der Waals surface area contributed by atoms with E-state index < -0.39 is 12.1 Å². The number of nitrogens with one attached hydrogen (secondary N) is 1. The lowest BCUT2D eigenvalue weighted by Gasteiger charge is -2.21. The van der Waals surface area contributed by atoms with Crippen LogP contribution >= 0.6 is 11.6 Å². The minimum absolute atomic E-state index is 0.237. The van der Waals surface area contributed by atoms with Crippen LogP contribution in [0.3, 0.4) is 0 Å². The van der Waals surface area contributed by atoms with Crippen molar-refractivity contribution in [2.45, 2.75) is 26.0 Å². The molecule has 0 saturated heterocycles. The van der Waals surface area contributed by atoms with Crippen LogP contribution in [0.15, 0.2) is 59.3 Å². The van der Waals surface area contributed by atoms with Crippen molar-refractivity contribution in [1.29, 1.82) is 5.26 Å². The van der Waals surface area contributed by atoms with Crippen molar-refractivity contribution in [3.63, 3.8) is 0 Å². The van der Waals surface area contributed by atoms with E-state index in [0.717, 1.165) is 11.3 Å². The predicted octanol–water partition coefficient (Wildman–Crippen LogP) is 4.29. The molecule has 0 bridgehead atoms. The highest BCUT2D eigenvalue weighted by molar-refractivity contribution is 6.32. The summed E-state index contributed by atoms with van der Waals surface area (Å²) in [5.74, 6) is 0.574. The second-order valence-electron chi connectivity index (χ2n) is 7.02. The summed E-state index contributed by atoms with van der Waals surface area (Å²) in [7, 11) is 0. The van der Waals surface area contributed by atoms with Crippen LogP contribution in [-0.2, 0) is 0 Å². The molecular formula is C22H19ClN6O2. The number of rotatable bonds is 6. The largest absolute Gasteiger partial charge is 0.418 e. The van der Waals surface area contributed by atoms with E-state index in [1.807, 2.05) is 42.6 Å². The Morgan fingerprint density at radius 1 is 1.19 bits per heavy atom. The molecule has 9 heteroatoms. The maximum absolute atomic E-state index is 10.3. The van der Waals surface area contributed by atoms with Gasteiger partial charge in [-0.25, -0.2) is 4.68 Å². The van der Waals surface area contributed by atoms with Gasteiger partial charge in [0.25, 0.3) is 0 Å². The van der Waals surface area contributed by atoms with Crippen molar-refractivity contribution in [2.24, 2.45) is 0 Å². The number of anilines is 1. The van der Waals surface area contributed by atoms with Gasteiger partial charge in [0.2, 0.25) is 11.8 Å². The van der Waals surface area contributed by atoms with E-state index in [2.05, 4.69) is 20.6 Å². The van der Waals surface area contributed by atoms with Gasteiger partial charge in [0.1, 0.15) is 12.1 Å². The van der Waals surface area contributed by atoms with Gasteiger partial charge >= 0.3 is 0 Å². The summed E-state index contributed by atoms with van der Waals surface area (Å²) in [6, 6.07) is 14.1. The number of hydrogen-bond acceptors (Lipinski definition) is 7. The predicted molar refractivity (Wildman–Crippen MR) is 116 cm³/mol. The number of nitriles is 1. The monoisotopic (exact) mass is 434 g/mol. The molecule has 2 heterocycles. The van der Waals surface area contributed by atoms with Gasteiger partial charge in [0.05, 0.1) is 22.4 Å². The molecule has 0 aliphatic heterocycles. The Kier molecular flexibility index (Phi) is 5.71. The maximum atomic E-state index is 10.3. The van der Waals surface area contributed by atoms with Crippen LogP contribution < -0.4 is 5.32 Å². The standard InChI is InChI=1S/C22H19ClN6O2/c1-13-18(9-6-16(12-24)19(13)23)26-20(14(2)30)22-28-27-21(31-22)15-4-7-17(8-5-15)29-11-3-10-25-29/h3-11,14,20,26,30H,1-2H3/t14-,20+/m0/s1. The number of nitrogens with zero attached hydrogens (tertiary/aromatic N) is 5. The summed E-state index contributed by atoms with van der Waals surface area (Å²) < 4.78 is 7.61. The van der Waals surface area contributed by atoms with Crippen LogP contribution in [0.25, 0.3) is 17.1 Å². The topological polar surface area (TPSA) is 113 Å². The fourth-order valence-electron chi connectivity index (χ4n) is 3.14. The molecule has 0 amide bonds. The molecule has 2 aromatic carbocycles. The third-order valence-electron chi connectivity index (χ3n) is 4.89. The lowest BCUT2D eigenvalue weighted by Crippen LogP contribution is -2.23. The molecule has 0 radical (unpaired) electrons. The van der Waals surface area contributed by atoms with E-state index in [4.69, 9.17) is 21.3 Å². The molecule has 4 rings (SSSR count). The Balaban J connectivity index is 1.59. The van der Waals surface area contributed by atoms with Gasteiger partial charge in [0, 0.05) is 23.6 Å². The maximum Gasteiger partial charge on any atom is 0.247 e. The Bertz CT molecular complexity index is 1230. The molecule has 156 valence electrons. The molecule has 8 nitrogen and oxygen atoms in total. The average molecular weight is 435 g/mol. The molecule has 2 N–H and O–H groups in total. The van der Waals surface area contributed by atoms with E-state index in [1.54, 1.807) is 36.9 Å². The van der Waals surface area contributed by atoms with Gasteiger partial charge in [-0.1, -0.05) is 11.6 Å². The number of aromatic nitrogens is 4. The van der Waals surface area contributed by atoms with E-state index >= 15 is 0 Å². The first-order valence-electron chi connectivity index (χ1n) is 9.55. The zero-order chi connectivity index (χ0) is 22.0. The normalized spacial score (nSPS) is 12.9. The first-order valence-corrected chi connectivity index (χ1v) is 9.93. The van der Waals surface area contributed by atoms with Crippen molar-refractivity contribution in [2.75, 3.05) is 5.32 Å². The van der Waals surface area contributed by atoms with Crippen molar-refractivity contribution < 1.29 is 9.52 Å². The van der Waals surface area contributed by atoms with Crippen LogP contribution in [-0.4, -0.2) is 31.2 Å². The summed E-state index contributed by atoms with van der Waals surface area (Å²) in [5.41, 5.74) is 3.40. The molecule has 0 unspecified atom stereocenters. The summed E-state index contributed by atoms with van der Waals surface area (Å²) in [4.78, 5) is 0. The fraction of sp³-hybridized carbons (Fsp3) is 0.182.